The molecule has 5 nitrogen and oxygen atoms in total. The fourth-order valence-electron chi connectivity index (χ4n) is 0.981. The monoisotopic (exact) mass is 262 g/mol. The lowest BCUT2D eigenvalue weighted by Crippen LogP contribution is -2.26. The van der Waals surface area contributed by atoms with E-state index in [1.807, 2.05) is 0 Å². The number of aromatic nitrogens is 1. The molecule has 86 valence electrons. The molecule has 1 heterocycles. The molecule has 0 bridgehead atoms. The number of carbonyl (C=O) groups is 2. The van der Waals surface area contributed by atoms with Gasteiger partial charge in [0.15, 0.2) is 0 Å². The molecule has 1 rings (SSSR count). The zero-order valence-corrected chi connectivity index (χ0v) is 9.55. The number of carbonyl (C=O) groups excluding carboxylic acids is 1. The molecule has 16 heavy (non-hydrogen) atoms. The van der Waals surface area contributed by atoms with Crippen LogP contribution in [0, 0.1) is 0 Å². The summed E-state index contributed by atoms with van der Waals surface area (Å²) in [4.78, 5) is 25.4. The van der Waals surface area contributed by atoms with Gasteiger partial charge in [-0.15, -0.1) is 0 Å². The van der Waals surface area contributed by atoms with Crippen LogP contribution in [0.25, 0.3) is 0 Å². The molecule has 0 aliphatic rings. The molecule has 0 aliphatic heterocycles. The van der Waals surface area contributed by atoms with E-state index in [1.54, 1.807) is 0 Å². The molecule has 1 amide bonds. The van der Waals surface area contributed by atoms with Crippen LogP contribution in [-0.2, 0) is 4.79 Å². The highest BCUT2D eigenvalue weighted by Gasteiger charge is 2.08. The summed E-state index contributed by atoms with van der Waals surface area (Å²) in [5.41, 5.74) is 0.246. The van der Waals surface area contributed by atoms with Gasteiger partial charge < -0.3 is 10.4 Å². The third-order valence-corrected chi connectivity index (χ3v) is 2.04. The fourth-order valence-corrected chi connectivity index (χ4v) is 1.44. The number of nitrogens with zero attached hydrogens (tertiary/aromatic N) is 1. The second-order valence-electron chi connectivity index (χ2n) is 2.90. The van der Waals surface area contributed by atoms with Crippen LogP contribution in [0.2, 0.25) is 10.3 Å². The first-order valence-electron chi connectivity index (χ1n) is 4.32. The van der Waals surface area contributed by atoms with E-state index in [1.165, 1.54) is 12.1 Å². The first-order valence-corrected chi connectivity index (χ1v) is 5.07. The van der Waals surface area contributed by atoms with E-state index in [4.69, 9.17) is 28.3 Å². The lowest BCUT2D eigenvalue weighted by molar-refractivity contribution is -0.136. The van der Waals surface area contributed by atoms with Gasteiger partial charge in [-0.05, 0) is 12.1 Å². The molecule has 0 aromatic carbocycles. The topological polar surface area (TPSA) is 79.3 Å². The quantitative estimate of drug-likeness (QED) is 0.808. The van der Waals surface area contributed by atoms with E-state index in [-0.39, 0.29) is 28.8 Å². The van der Waals surface area contributed by atoms with Gasteiger partial charge in [0, 0.05) is 12.1 Å². The summed E-state index contributed by atoms with van der Waals surface area (Å²) in [6, 6.07) is 2.70. The number of nitrogens with one attached hydrogen (secondary N) is 1. The molecule has 0 fully saturated rings. The summed E-state index contributed by atoms with van der Waals surface area (Å²) in [6.45, 7) is 0.0473. The fraction of sp³-hybridized carbons (Fsp3) is 0.222. The van der Waals surface area contributed by atoms with E-state index >= 15 is 0 Å². The largest absolute Gasteiger partial charge is 0.481 e. The van der Waals surface area contributed by atoms with E-state index in [0.717, 1.165) is 0 Å². The van der Waals surface area contributed by atoms with Crippen molar-refractivity contribution >= 4 is 35.1 Å². The lowest BCUT2D eigenvalue weighted by atomic mass is 10.2. The van der Waals surface area contributed by atoms with Gasteiger partial charge in [0.1, 0.15) is 10.3 Å². The van der Waals surface area contributed by atoms with E-state index < -0.39 is 11.9 Å². The van der Waals surface area contributed by atoms with E-state index in [2.05, 4.69) is 10.3 Å². The van der Waals surface area contributed by atoms with Crippen LogP contribution in [0.15, 0.2) is 12.1 Å². The van der Waals surface area contributed by atoms with Gasteiger partial charge in [0.05, 0.1) is 6.42 Å². The Morgan fingerprint density at radius 1 is 1.31 bits per heavy atom. The highest BCUT2D eigenvalue weighted by Crippen LogP contribution is 2.14. The summed E-state index contributed by atoms with van der Waals surface area (Å²) < 4.78 is 0. The Balaban J connectivity index is 2.62. The maximum atomic E-state index is 11.5. The summed E-state index contributed by atoms with van der Waals surface area (Å²) >= 11 is 11.2. The average Bonchev–Trinajstić information content (AvgIpc) is 2.15. The Hall–Kier alpha value is -1.33. The van der Waals surface area contributed by atoms with Gasteiger partial charge in [-0.1, -0.05) is 23.2 Å². The maximum absolute atomic E-state index is 11.5. The molecule has 0 aliphatic carbocycles. The van der Waals surface area contributed by atoms with Crippen molar-refractivity contribution in [3.8, 4) is 0 Å². The van der Waals surface area contributed by atoms with Crippen LogP contribution >= 0.6 is 23.2 Å². The lowest BCUT2D eigenvalue weighted by Gasteiger charge is -2.04. The zero-order chi connectivity index (χ0) is 12.1. The van der Waals surface area contributed by atoms with Crippen LogP contribution < -0.4 is 5.32 Å². The standard InChI is InChI=1S/C9H8Cl2N2O3/c10-6-3-5(4-7(11)13-6)9(16)12-2-1-8(14)15/h3-4H,1-2H2,(H,12,16)(H,14,15). The van der Waals surface area contributed by atoms with Crippen LogP contribution in [-0.4, -0.2) is 28.5 Å². The second-order valence-corrected chi connectivity index (χ2v) is 3.68. The number of halogens is 2. The maximum Gasteiger partial charge on any atom is 0.305 e. The number of carboxylic acid groups (broad SMARTS) is 1. The molecular formula is C9H8Cl2N2O3. The molecule has 0 radical (unpaired) electrons. The first kappa shape index (κ1) is 12.7. The number of carboxylic acids is 1. The summed E-state index contributed by atoms with van der Waals surface area (Å²) in [5.74, 6) is -1.42. The Morgan fingerprint density at radius 2 is 1.88 bits per heavy atom. The molecule has 0 spiro atoms. The van der Waals surface area contributed by atoms with Crippen molar-refractivity contribution in [2.45, 2.75) is 6.42 Å². The number of hydrogen-bond acceptors (Lipinski definition) is 3. The summed E-state index contributed by atoms with van der Waals surface area (Å²) in [6.07, 6.45) is -0.141. The molecule has 0 atom stereocenters. The average molecular weight is 263 g/mol. The Bertz CT molecular complexity index is 403. The number of aliphatic carboxylic acids is 1. The van der Waals surface area contributed by atoms with Crippen LogP contribution in [0.3, 0.4) is 0 Å². The SMILES string of the molecule is O=C(O)CCNC(=O)c1cc(Cl)nc(Cl)c1. The van der Waals surface area contributed by atoms with Crippen molar-refractivity contribution in [2.75, 3.05) is 6.54 Å². The third kappa shape index (κ3) is 4.04. The highest BCUT2D eigenvalue weighted by molar-refractivity contribution is 6.33. The molecule has 0 saturated carbocycles. The van der Waals surface area contributed by atoms with E-state index in [0.29, 0.717) is 0 Å². The van der Waals surface area contributed by atoms with Crippen molar-refractivity contribution in [3.63, 3.8) is 0 Å². The predicted molar refractivity (Wildman–Crippen MR) is 58.8 cm³/mol. The molecule has 1 aromatic heterocycles. The second kappa shape index (κ2) is 5.67. The number of hydrogen-bond donors (Lipinski definition) is 2. The van der Waals surface area contributed by atoms with Gasteiger partial charge in [0.25, 0.3) is 5.91 Å². The normalized spacial score (nSPS) is 9.88. The van der Waals surface area contributed by atoms with Gasteiger partial charge in [0.2, 0.25) is 0 Å². The van der Waals surface area contributed by atoms with E-state index in [9.17, 15) is 9.59 Å². The van der Waals surface area contributed by atoms with Crippen molar-refractivity contribution in [1.82, 2.24) is 10.3 Å². The molecule has 1 aromatic rings. The van der Waals surface area contributed by atoms with Crippen LogP contribution in [0.4, 0.5) is 0 Å². The Labute approximate surface area is 101 Å². The number of rotatable bonds is 4. The molecule has 0 unspecified atom stereocenters. The highest BCUT2D eigenvalue weighted by atomic mass is 35.5. The smallest absolute Gasteiger partial charge is 0.305 e. The minimum absolute atomic E-state index is 0.0473. The van der Waals surface area contributed by atoms with Gasteiger partial charge in [-0.3, -0.25) is 9.59 Å². The van der Waals surface area contributed by atoms with Gasteiger partial charge >= 0.3 is 5.97 Å². The van der Waals surface area contributed by atoms with Gasteiger partial charge in [-0.25, -0.2) is 4.98 Å². The van der Waals surface area contributed by atoms with Gasteiger partial charge in [-0.2, -0.15) is 0 Å². The van der Waals surface area contributed by atoms with Crippen molar-refractivity contribution in [2.24, 2.45) is 0 Å². The van der Waals surface area contributed by atoms with Crippen LogP contribution in [0.1, 0.15) is 16.8 Å². The molecule has 2 N–H and O–H groups in total. The third-order valence-electron chi connectivity index (χ3n) is 1.65. The number of pyridine rings is 1. The zero-order valence-electron chi connectivity index (χ0n) is 8.04. The Kier molecular flexibility index (Phi) is 4.52. The molecular weight excluding hydrogens is 255 g/mol. The first-order chi connectivity index (χ1) is 7.49. The Morgan fingerprint density at radius 3 is 2.38 bits per heavy atom. The minimum Gasteiger partial charge on any atom is -0.481 e. The summed E-state index contributed by atoms with van der Waals surface area (Å²) in [7, 11) is 0. The molecule has 7 heteroatoms. The van der Waals surface area contributed by atoms with Crippen molar-refractivity contribution in [1.29, 1.82) is 0 Å². The summed E-state index contributed by atoms with van der Waals surface area (Å²) in [5, 5.41) is 11.0. The minimum atomic E-state index is -0.980. The predicted octanol–water partition coefficient (Wildman–Crippen LogP) is 1.59. The van der Waals surface area contributed by atoms with Crippen molar-refractivity contribution < 1.29 is 14.7 Å². The molecule has 0 saturated heterocycles. The van der Waals surface area contributed by atoms with Crippen LogP contribution in [0.5, 0.6) is 0 Å². The van der Waals surface area contributed by atoms with Crippen molar-refractivity contribution in [3.05, 3.63) is 28.0 Å². The number of amides is 1.